The fraction of sp³-hybridized carbons (Fsp3) is 0.647. The highest BCUT2D eigenvalue weighted by Crippen LogP contribution is 2.32. The predicted octanol–water partition coefficient (Wildman–Crippen LogP) is 4.09. The second kappa shape index (κ2) is 6.11. The molecule has 5 heteroatoms. The van der Waals surface area contributed by atoms with E-state index in [0.717, 1.165) is 5.69 Å². The van der Waals surface area contributed by atoms with Crippen LogP contribution in [0.5, 0.6) is 0 Å². The van der Waals surface area contributed by atoms with Gasteiger partial charge in [0.2, 0.25) is 0 Å². The Morgan fingerprint density at radius 1 is 1.09 bits per heavy atom. The molecule has 1 aliphatic heterocycles. The summed E-state index contributed by atoms with van der Waals surface area (Å²) < 4.78 is 37.9. The molecule has 1 fully saturated rings. The Bertz CT molecular complexity index is 488. The fourth-order valence-electron chi connectivity index (χ4n) is 3.10. The van der Waals surface area contributed by atoms with Gasteiger partial charge in [-0.1, -0.05) is 32.9 Å². The molecule has 0 aliphatic carbocycles. The third-order valence-corrected chi connectivity index (χ3v) is 4.19. The molecule has 0 saturated carbocycles. The Morgan fingerprint density at radius 2 is 1.68 bits per heavy atom. The Balaban J connectivity index is 2.10. The number of hydrogen-bond acceptors (Lipinski definition) is 2. The van der Waals surface area contributed by atoms with Crippen LogP contribution in [0.3, 0.4) is 0 Å². The lowest BCUT2D eigenvalue weighted by Crippen LogP contribution is -2.48. The molecule has 124 valence electrons. The SMILES string of the molecule is CC(C)(C)c1ccc(N2CC(N)CC(CC(F)(F)F)C2)cc1. The van der Waals surface area contributed by atoms with E-state index in [4.69, 9.17) is 5.73 Å². The van der Waals surface area contributed by atoms with Gasteiger partial charge in [0.15, 0.2) is 0 Å². The summed E-state index contributed by atoms with van der Waals surface area (Å²) in [6.07, 6.45) is -4.43. The van der Waals surface area contributed by atoms with Crippen molar-refractivity contribution in [3.05, 3.63) is 29.8 Å². The summed E-state index contributed by atoms with van der Waals surface area (Å²) in [5, 5.41) is 0. The first-order chi connectivity index (χ1) is 10.0. The minimum absolute atomic E-state index is 0.0651. The smallest absolute Gasteiger partial charge is 0.370 e. The lowest BCUT2D eigenvalue weighted by atomic mass is 9.86. The van der Waals surface area contributed by atoms with Gasteiger partial charge in [-0.25, -0.2) is 0 Å². The molecule has 1 aromatic carbocycles. The molecule has 0 radical (unpaired) electrons. The molecule has 1 heterocycles. The number of benzene rings is 1. The average molecular weight is 314 g/mol. The highest BCUT2D eigenvalue weighted by molar-refractivity contribution is 5.49. The Morgan fingerprint density at radius 3 is 2.18 bits per heavy atom. The van der Waals surface area contributed by atoms with Crippen LogP contribution in [0.25, 0.3) is 0 Å². The van der Waals surface area contributed by atoms with Gasteiger partial charge in [0.1, 0.15) is 0 Å². The van der Waals surface area contributed by atoms with Crippen molar-refractivity contribution in [1.82, 2.24) is 0 Å². The molecule has 2 N–H and O–H groups in total. The van der Waals surface area contributed by atoms with Gasteiger partial charge < -0.3 is 10.6 Å². The Labute approximate surface area is 130 Å². The molecule has 2 rings (SSSR count). The van der Waals surface area contributed by atoms with Gasteiger partial charge in [-0.3, -0.25) is 0 Å². The minimum Gasteiger partial charge on any atom is -0.370 e. The van der Waals surface area contributed by atoms with Gasteiger partial charge in [-0.15, -0.1) is 0 Å². The largest absolute Gasteiger partial charge is 0.389 e. The second-order valence-electron chi connectivity index (χ2n) is 7.38. The van der Waals surface area contributed by atoms with E-state index in [2.05, 4.69) is 20.8 Å². The molecule has 22 heavy (non-hydrogen) atoms. The Kier molecular flexibility index (Phi) is 4.76. The molecule has 1 saturated heterocycles. The summed E-state index contributed by atoms with van der Waals surface area (Å²) in [5.74, 6) is -0.425. The van der Waals surface area contributed by atoms with Gasteiger partial charge in [0, 0.05) is 31.2 Å². The molecular formula is C17H25F3N2. The number of anilines is 1. The summed E-state index contributed by atoms with van der Waals surface area (Å²) in [4.78, 5) is 1.98. The van der Waals surface area contributed by atoms with Crippen molar-refractivity contribution in [2.75, 3.05) is 18.0 Å². The molecule has 2 atom stereocenters. The van der Waals surface area contributed by atoms with E-state index in [0.29, 0.717) is 19.5 Å². The number of rotatable bonds is 2. The molecule has 0 spiro atoms. The minimum atomic E-state index is -4.12. The highest BCUT2D eigenvalue weighted by Gasteiger charge is 2.35. The third kappa shape index (κ3) is 4.63. The van der Waals surface area contributed by atoms with E-state index < -0.39 is 18.5 Å². The van der Waals surface area contributed by atoms with Crippen molar-refractivity contribution in [2.45, 2.75) is 51.2 Å². The maximum atomic E-state index is 12.6. The first-order valence-corrected chi connectivity index (χ1v) is 7.72. The molecule has 0 amide bonds. The first kappa shape index (κ1) is 17.1. The summed E-state index contributed by atoms with van der Waals surface area (Å²) >= 11 is 0. The van der Waals surface area contributed by atoms with Crippen molar-refractivity contribution in [2.24, 2.45) is 11.7 Å². The topological polar surface area (TPSA) is 29.3 Å². The zero-order valence-electron chi connectivity index (χ0n) is 13.5. The molecule has 2 unspecified atom stereocenters. The average Bonchev–Trinajstić information content (AvgIpc) is 2.35. The lowest BCUT2D eigenvalue weighted by Gasteiger charge is -2.38. The predicted molar refractivity (Wildman–Crippen MR) is 84.1 cm³/mol. The van der Waals surface area contributed by atoms with Crippen LogP contribution in [0.2, 0.25) is 0 Å². The van der Waals surface area contributed by atoms with E-state index in [-0.39, 0.29) is 11.5 Å². The summed E-state index contributed by atoms with van der Waals surface area (Å²) in [6, 6.07) is 7.87. The summed E-state index contributed by atoms with van der Waals surface area (Å²) in [5.41, 5.74) is 8.19. The monoisotopic (exact) mass is 314 g/mol. The summed E-state index contributed by atoms with van der Waals surface area (Å²) in [7, 11) is 0. The maximum absolute atomic E-state index is 12.6. The third-order valence-electron chi connectivity index (χ3n) is 4.19. The number of piperidine rings is 1. The van der Waals surface area contributed by atoms with Crippen molar-refractivity contribution in [3.8, 4) is 0 Å². The fourth-order valence-corrected chi connectivity index (χ4v) is 3.10. The molecule has 0 bridgehead atoms. The van der Waals surface area contributed by atoms with Gasteiger partial charge in [0.25, 0.3) is 0 Å². The zero-order chi connectivity index (χ0) is 16.5. The molecular weight excluding hydrogens is 289 g/mol. The lowest BCUT2D eigenvalue weighted by molar-refractivity contribution is -0.145. The standard InChI is InChI=1S/C17H25F3N2/c1-16(2,3)13-4-6-15(7-5-13)22-10-12(8-14(21)11-22)9-17(18,19)20/h4-7,12,14H,8-11,21H2,1-3H3. The van der Waals surface area contributed by atoms with Gasteiger partial charge in [0.05, 0.1) is 0 Å². The van der Waals surface area contributed by atoms with Gasteiger partial charge in [-0.05, 0) is 35.4 Å². The van der Waals surface area contributed by atoms with Crippen molar-refractivity contribution < 1.29 is 13.2 Å². The molecule has 1 aliphatic rings. The van der Waals surface area contributed by atoms with Crippen molar-refractivity contribution in [3.63, 3.8) is 0 Å². The maximum Gasteiger partial charge on any atom is 0.389 e. The zero-order valence-corrected chi connectivity index (χ0v) is 13.5. The highest BCUT2D eigenvalue weighted by atomic mass is 19.4. The van der Waals surface area contributed by atoms with E-state index in [1.54, 1.807) is 0 Å². The van der Waals surface area contributed by atoms with Crippen LogP contribution < -0.4 is 10.6 Å². The number of nitrogens with zero attached hydrogens (tertiary/aromatic N) is 1. The number of alkyl halides is 3. The van der Waals surface area contributed by atoms with Crippen molar-refractivity contribution >= 4 is 5.69 Å². The molecule has 2 nitrogen and oxygen atoms in total. The molecule has 1 aromatic rings. The van der Waals surface area contributed by atoms with Crippen LogP contribution in [-0.2, 0) is 5.41 Å². The number of nitrogens with two attached hydrogens (primary N) is 1. The number of halogens is 3. The molecule has 0 aromatic heterocycles. The van der Waals surface area contributed by atoms with Gasteiger partial charge in [-0.2, -0.15) is 13.2 Å². The first-order valence-electron chi connectivity index (χ1n) is 7.72. The number of hydrogen-bond donors (Lipinski definition) is 1. The second-order valence-corrected chi connectivity index (χ2v) is 7.38. The quantitative estimate of drug-likeness (QED) is 0.891. The van der Waals surface area contributed by atoms with Crippen LogP contribution >= 0.6 is 0 Å². The van der Waals surface area contributed by atoms with Crippen LogP contribution in [0, 0.1) is 5.92 Å². The van der Waals surface area contributed by atoms with Crippen LogP contribution in [0.15, 0.2) is 24.3 Å². The summed E-state index contributed by atoms with van der Waals surface area (Å²) in [6.45, 7) is 7.44. The van der Waals surface area contributed by atoms with Gasteiger partial charge >= 0.3 is 6.18 Å². The Hall–Kier alpha value is -1.23. The van der Waals surface area contributed by atoms with E-state index in [1.807, 2.05) is 29.2 Å². The van der Waals surface area contributed by atoms with Crippen molar-refractivity contribution in [1.29, 1.82) is 0 Å². The van der Waals surface area contributed by atoms with Crippen LogP contribution in [0.4, 0.5) is 18.9 Å². The van der Waals surface area contributed by atoms with Crippen LogP contribution in [-0.4, -0.2) is 25.3 Å². The van der Waals surface area contributed by atoms with Crippen LogP contribution in [0.1, 0.15) is 39.2 Å². The van der Waals surface area contributed by atoms with E-state index >= 15 is 0 Å². The van der Waals surface area contributed by atoms with E-state index in [9.17, 15) is 13.2 Å². The normalized spacial score (nSPS) is 23.7. The van der Waals surface area contributed by atoms with E-state index in [1.165, 1.54) is 5.56 Å².